The molecule has 0 atom stereocenters. The number of hydrogen-bond donors (Lipinski definition) is 0. The van der Waals surface area contributed by atoms with Crippen molar-refractivity contribution in [1.29, 1.82) is 0 Å². The van der Waals surface area contributed by atoms with E-state index in [-0.39, 0.29) is 0 Å². The van der Waals surface area contributed by atoms with Crippen molar-refractivity contribution in [3.63, 3.8) is 0 Å². The predicted octanol–water partition coefficient (Wildman–Crippen LogP) is 4.86. The van der Waals surface area contributed by atoms with E-state index in [2.05, 4.69) is 48.5 Å². The maximum absolute atomic E-state index is 6.04. The third-order valence-corrected chi connectivity index (χ3v) is 5.36. The second kappa shape index (κ2) is 13.7. The van der Waals surface area contributed by atoms with Gasteiger partial charge in [0.05, 0.1) is 52.9 Å². The van der Waals surface area contributed by atoms with Crippen LogP contribution >= 0.6 is 0 Å². The third-order valence-electron chi connectivity index (χ3n) is 5.36. The van der Waals surface area contributed by atoms with E-state index in [9.17, 15) is 0 Å². The Morgan fingerprint density at radius 2 is 0.765 bits per heavy atom. The summed E-state index contributed by atoms with van der Waals surface area (Å²) < 4.78 is 34.1. The highest BCUT2D eigenvalue weighted by Crippen LogP contribution is 2.33. The summed E-state index contributed by atoms with van der Waals surface area (Å²) in [4.78, 5) is 0. The minimum absolute atomic E-state index is 0.423. The van der Waals surface area contributed by atoms with Crippen LogP contribution in [-0.4, -0.2) is 66.1 Å². The molecule has 0 aromatic heterocycles. The second-order valence-electron chi connectivity index (χ2n) is 7.75. The molecule has 0 aliphatic carbocycles. The van der Waals surface area contributed by atoms with Gasteiger partial charge in [-0.05, 0) is 34.4 Å². The summed E-state index contributed by atoms with van der Waals surface area (Å²) in [6.07, 6.45) is 0. The van der Waals surface area contributed by atoms with Crippen LogP contribution < -0.4 is 9.47 Å². The molecular weight excluding hydrogens is 432 g/mol. The normalized spacial score (nSPS) is 16.8. The molecular formula is C28H32O6. The molecule has 0 N–H and O–H groups in total. The van der Waals surface area contributed by atoms with Crippen LogP contribution in [0.4, 0.5) is 0 Å². The van der Waals surface area contributed by atoms with Gasteiger partial charge in [0.2, 0.25) is 0 Å². The van der Waals surface area contributed by atoms with Crippen molar-refractivity contribution in [2.45, 2.75) is 0 Å². The molecule has 4 rings (SSSR count). The average Bonchev–Trinajstić information content (AvgIpc) is 2.89. The first-order chi connectivity index (χ1) is 16.9. The Bertz CT molecular complexity index is 974. The van der Waals surface area contributed by atoms with Crippen LogP contribution in [-0.2, 0) is 18.9 Å². The molecule has 6 nitrogen and oxygen atoms in total. The lowest BCUT2D eigenvalue weighted by atomic mass is 10.00. The fraction of sp³-hybridized carbons (Fsp3) is 0.357. The van der Waals surface area contributed by atoms with Gasteiger partial charge in [-0.15, -0.1) is 0 Å². The molecule has 1 heterocycles. The molecule has 6 heteroatoms. The van der Waals surface area contributed by atoms with E-state index >= 15 is 0 Å². The SMILES string of the molecule is c1ccc(-c2ccc(-c3ccc4c(c3)OCCOCCOCCOCCOCCO4)cc2)cc1. The van der Waals surface area contributed by atoms with Gasteiger partial charge in [0.25, 0.3) is 0 Å². The first kappa shape index (κ1) is 24.2. The largest absolute Gasteiger partial charge is 0.487 e. The van der Waals surface area contributed by atoms with E-state index in [1.54, 1.807) is 0 Å². The molecule has 34 heavy (non-hydrogen) atoms. The van der Waals surface area contributed by atoms with Crippen molar-refractivity contribution >= 4 is 0 Å². The van der Waals surface area contributed by atoms with Crippen LogP contribution in [0, 0.1) is 0 Å². The monoisotopic (exact) mass is 464 g/mol. The summed E-state index contributed by atoms with van der Waals surface area (Å²) in [7, 11) is 0. The van der Waals surface area contributed by atoms with Crippen LogP contribution in [0.25, 0.3) is 22.3 Å². The standard InChI is InChI=1S/C28H32O6/c1-2-4-23(5-3-1)24-6-8-25(9-7-24)26-10-11-27-28(22-26)34-21-19-32-17-15-30-13-12-29-14-16-31-18-20-33-27/h1-11,22H,12-21H2. The summed E-state index contributed by atoms with van der Waals surface area (Å²) in [5.74, 6) is 1.38. The molecule has 0 fully saturated rings. The van der Waals surface area contributed by atoms with Gasteiger partial charge in [-0.1, -0.05) is 60.7 Å². The molecule has 180 valence electrons. The quantitative estimate of drug-likeness (QED) is 0.540. The predicted molar refractivity (Wildman–Crippen MR) is 132 cm³/mol. The highest BCUT2D eigenvalue weighted by Gasteiger charge is 2.10. The van der Waals surface area contributed by atoms with Gasteiger partial charge in [-0.2, -0.15) is 0 Å². The van der Waals surface area contributed by atoms with E-state index in [1.807, 2.05) is 24.3 Å². The van der Waals surface area contributed by atoms with Gasteiger partial charge >= 0.3 is 0 Å². The van der Waals surface area contributed by atoms with Crippen molar-refractivity contribution in [2.75, 3.05) is 66.1 Å². The van der Waals surface area contributed by atoms with Gasteiger partial charge in [-0.3, -0.25) is 0 Å². The Kier molecular flexibility index (Phi) is 9.78. The van der Waals surface area contributed by atoms with Gasteiger partial charge in [0.1, 0.15) is 13.2 Å². The summed E-state index contributed by atoms with van der Waals surface area (Å²) in [5, 5.41) is 0. The molecule has 0 spiro atoms. The Balaban J connectivity index is 1.44. The second-order valence-corrected chi connectivity index (χ2v) is 7.75. The zero-order chi connectivity index (χ0) is 23.3. The molecule has 1 aliphatic rings. The Labute approximate surface area is 201 Å². The smallest absolute Gasteiger partial charge is 0.161 e. The lowest BCUT2D eigenvalue weighted by Gasteiger charge is -2.15. The first-order valence-electron chi connectivity index (χ1n) is 11.8. The van der Waals surface area contributed by atoms with Crippen molar-refractivity contribution < 1.29 is 28.4 Å². The molecule has 0 radical (unpaired) electrons. The van der Waals surface area contributed by atoms with E-state index in [0.717, 1.165) is 11.1 Å². The fourth-order valence-corrected chi connectivity index (χ4v) is 3.59. The summed E-state index contributed by atoms with van der Waals surface area (Å²) in [5.41, 5.74) is 4.56. The zero-order valence-corrected chi connectivity index (χ0v) is 19.4. The number of ether oxygens (including phenoxy) is 6. The highest BCUT2D eigenvalue weighted by molar-refractivity contribution is 5.72. The minimum atomic E-state index is 0.423. The van der Waals surface area contributed by atoms with Crippen LogP contribution in [0.2, 0.25) is 0 Å². The molecule has 0 saturated carbocycles. The summed E-state index contributed by atoms with van der Waals surface area (Å²) in [6.45, 7) is 5.00. The minimum Gasteiger partial charge on any atom is -0.487 e. The maximum atomic E-state index is 6.04. The molecule has 0 saturated heterocycles. The Morgan fingerprint density at radius 1 is 0.353 bits per heavy atom. The molecule has 0 amide bonds. The molecule has 1 aliphatic heterocycles. The average molecular weight is 465 g/mol. The molecule has 0 unspecified atom stereocenters. The molecule has 3 aromatic carbocycles. The zero-order valence-electron chi connectivity index (χ0n) is 19.4. The first-order valence-corrected chi connectivity index (χ1v) is 11.8. The van der Waals surface area contributed by atoms with E-state index in [4.69, 9.17) is 28.4 Å². The van der Waals surface area contributed by atoms with Gasteiger partial charge in [-0.25, -0.2) is 0 Å². The topological polar surface area (TPSA) is 55.4 Å². The van der Waals surface area contributed by atoms with E-state index < -0.39 is 0 Å². The summed E-state index contributed by atoms with van der Waals surface area (Å²) in [6, 6.07) is 24.9. The van der Waals surface area contributed by atoms with Crippen LogP contribution in [0.15, 0.2) is 72.8 Å². The highest BCUT2D eigenvalue weighted by atomic mass is 16.6. The van der Waals surface area contributed by atoms with Crippen LogP contribution in [0.5, 0.6) is 11.5 Å². The van der Waals surface area contributed by atoms with Crippen LogP contribution in [0.3, 0.4) is 0 Å². The number of rotatable bonds is 2. The van der Waals surface area contributed by atoms with Crippen LogP contribution in [0.1, 0.15) is 0 Å². The lowest BCUT2D eigenvalue weighted by molar-refractivity contribution is -0.00841. The molecule has 0 bridgehead atoms. The summed E-state index contributed by atoms with van der Waals surface area (Å²) >= 11 is 0. The Hall–Kier alpha value is -2.90. The maximum Gasteiger partial charge on any atom is 0.161 e. The fourth-order valence-electron chi connectivity index (χ4n) is 3.59. The number of fused-ring (bicyclic) bond motifs is 1. The van der Waals surface area contributed by atoms with Crippen molar-refractivity contribution in [2.24, 2.45) is 0 Å². The van der Waals surface area contributed by atoms with E-state index in [1.165, 1.54) is 11.1 Å². The number of benzene rings is 3. The van der Waals surface area contributed by atoms with Crippen molar-refractivity contribution in [3.05, 3.63) is 72.8 Å². The number of hydrogen-bond acceptors (Lipinski definition) is 6. The lowest BCUT2D eigenvalue weighted by Crippen LogP contribution is -2.16. The van der Waals surface area contributed by atoms with Gasteiger partial charge in [0.15, 0.2) is 11.5 Å². The van der Waals surface area contributed by atoms with E-state index in [0.29, 0.717) is 77.6 Å². The van der Waals surface area contributed by atoms with Crippen molar-refractivity contribution in [3.8, 4) is 33.8 Å². The van der Waals surface area contributed by atoms with Crippen molar-refractivity contribution in [1.82, 2.24) is 0 Å². The third kappa shape index (κ3) is 7.57. The molecule has 3 aromatic rings. The van der Waals surface area contributed by atoms with Gasteiger partial charge in [0, 0.05) is 0 Å². The van der Waals surface area contributed by atoms with Gasteiger partial charge < -0.3 is 28.4 Å². The Morgan fingerprint density at radius 3 is 1.32 bits per heavy atom.